The minimum atomic E-state index is -0.0243. The maximum Gasteiger partial charge on any atom is 0.228 e. The molecule has 4 rings (SSSR count). The number of hydrogen-bond donors (Lipinski definition) is 1. The zero-order chi connectivity index (χ0) is 18.5. The number of carbonyl (C=O) groups is 1. The lowest BCUT2D eigenvalue weighted by atomic mass is 10.1. The first-order valence-electron chi connectivity index (χ1n) is 9.31. The molecule has 1 N–H and O–H groups in total. The summed E-state index contributed by atoms with van der Waals surface area (Å²) in [6, 6.07) is 21.5. The van der Waals surface area contributed by atoms with E-state index in [2.05, 4.69) is 20.4 Å². The molecule has 1 aliphatic heterocycles. The van der Waals surface area contributed by atoms with Crippen LogP contribution in [0.3, 0.4) is 0 Å². The highest BCUT2D eigenvalue weighted by Gasteiger charge is 2.14. The Labute approximate surface area is 159 Å². The van der Waals surface area contributed by atoms with E-state index in [9.17, 15) is 4.79 Å². The molecule has 0 unspecified atom stereocenters. The molecule has 0 spiro atoms. The van der Waals surface area contributed by atoms with Crippen LogP contribution in [0.4, 0.5) is 11.5 Å². The van der Waals surface area contributed by atoms with Gasteiger partial charge in [0, 0.05) is 24.3 Å². The minimum Gasteiger partial charge on any atom is -0.355 e. The molecular weight excluding hydrogens is 336 g/mol. The van der Waals surface area contributed by atoms with Crippen molar-refractivity contribution in [2.24, 2.45) is 0 Å². The van der Waals surface area contributed by atoms with E-state index in [1.54, 1.807) is 0 Å². The van der Waals surface area contributed by atoms with Crippen LogP contribution in [-0.4, -0.2) is 29.2 Å². The molecule has 1 fully saturated rings. The molecule has 136 valence electrons. The smallest absolute Gasteiger partial charge is 0.228 e. The van der Waals surface area contributed by atoms with Gasteiger partial charge in [-0.25, -0.2) is 0 Å². The second kappa shape index (κ2) is 7.99. The van der Waals surface area contributed by atoms with E-state index < -0.39 is 0 Å². The molecule has 5 nitrogen and oxygen atoms in total. The van der Waals surface area contributed by atoms with Gasteiger partial charge in [-0.05, 0) is 42.7 Å². The summed E-state index contributed by atoms with van der Waals surface area (Å²) in [5.41, 5.74) is 3.60. The number of nitrogens with zero attached hydrogens (tertiary/aromatic N) is 3. The van der Waals surface area contributed by atoms with Crippen molar-refractivity contribution in [2.45, 2.75) is 19.3 Å². The van der Waals surface area contributed by atoms with Gasteiger partial charge >= 0.3 is 0 Å². The Morgan fingerprint density at radius 3 is 2.30 bits per heavy atom. The Balaban J connectivity index is 1.39. The van der Waals surface area contributed by atoms with E-state index >= 15 is 0 Å². The van der Waals surface area contributed by atoms with Gasteiger partial charge in [-0.1, -0.05) is 42.5 Å². The van der Waals surface area contributed by atoms with Crippen LogP contribution in [0.5, 0.6) is 0 Å². The first kappa shape index (κ1) is 17.2. The van der Waals surface area contributed by atoms with Crippen LogP contribution < -0.4 is 10.2 Å². The van der Waals surface area contributed by atoms with E-state index in [0.29, 0.717) is 6.42 Å². The third-order valence-electron chi connectivity index (χ3n) is 4.75. The third kappa shape index (κ3) is 4.31. The van der Waals surface area contributed by atoms with Gasteiger partial charge in [0.2, 0.25) is 5.91 Å². The molecule has 1 aliphatic rings. The van der Waals surface area contributed by atoms with Gasteiger partial charge in [0.1, 0.15) is 0 Å². The van der Waals surface area contributed by atoms with Crippen LogP contribution in [0.15, 0.2) is 66.7 Å². The fraction of sp³-hybridized carbons (Fsp3) is 0.227. The van der Waals surface area contributed by atoms with Crippen LogP contribution in [0, 0.1) is 0 Å². The molecule has 2 aromatic carbocycles. The highest BCUT2D eigenvalue weighted by molar-refractivity contribution is 5.92. The predicted octanol–water partition coefficient (Wildman–Crippen LogP) is 3.93. The SMILES string of the molecule is O=C(Cc1ccccc1)Nc1ccc(-c2ccc(N3CCCC3)nn2)cc1. The van der Waals surface area contributed by atoms with Gasteiger partial charge in [0.15, 0.2) is 5.82 Å². The highest BCUT2D eigenvalue weighted by Crippen LogP contribution is 2.22. The average Bonchev–Trinajstić information content (AvgIpc) is 3.24. The van der Waals surface area contributed by atoms with Gasteiger partial charge in [-0.15, -0.1) is 10.2 Å². The summed E-state index contributed by atoms with van der Waals surface area (Å²) < 4.78 is 0. The zero-order valence-electron chi connectivity index (χ0n) is 15.1. The number of benzene rings is 2. The summed E-state index contributed by atoms with van der Waals surface area (Å²) >= 11 is 0. The number of amides is 1. The standard InChI is InChI=1S/C22H22N4O/c27-22(16-17-6-2-1-3-7-17)23-19-10-8-18(9-11-19)20-12-13-21(25-24-20)26-14-4-5-15-26/h1-3,6-13H,4-5,14-16H2,(H,23,27). The molecular formula is C22H22N4O. The van der Waals surface area contributed by atoms with Crippen molar-refractivity contribution >= 4 is 17.4 Å². The number of rotatable bonds is 5. The second-order valence-electron chi connectivity index (χ2n) is 6.76. The van der Waals surface area contributed by atoms with Gasteiger partial charge < -0.3 is 10.2 Å². The topological polar surface area (TPSA) is 58.1 Å². The van der Waals surface area contributed by atoms with Gasteiger partial charge in [0.25, 0.3) is 0 Å². The van der Waals surface area contributed by atoms with Gasteiger partial charge in [-0.2, -0.15) is 0 Å². The molecule has 1 amide bonds. The number of nitrogens with one attached hydrogen (secondary N) is 1. The summed E-state index contributed by atoms with van der Waals surface area (Å²) in [7, 11) is 0. The van der Waals surface area contributed by atoms with E-state index in [4.69, 9.17) is 0 Å². The quantitative estimate of drug-likeness (QED) is 0.751. The molecule has 3 aromatic rings. The van der Waals surface area contributed by atoms with E-state index in [1.165, 1.54) is 12.8 Å². The molecule has 1 saturated heterocycles. The van der Waals surface area contributed by atoms with Crippen molar-refractivity contribution in [3.8, 4) is 11.3 Å². The molecule has 5 heteroatoms. The number of hydrogen-bond acceptors (Lipinski definition) is 4. The Hall–Kier alpha value is -3.21. The summed E-state index contributed by atoms with van der Waals surface area (Å²) in [4.78, 5) is 14.4. The van der Waals surface area contributed by atoms with Gasteiger partial charge in [0.05, 0.1) is 12.1 Å². The lowest BCUT2D eigenvalue weighted by Gasteiger charge is -2.15. The normalized spacial score (nSPS) is 13.6. The second-order valence-corrected chi connectivity index (χ2v) is 6.76. The van der Waals surface area contributed by atoms with Crippen LogP contribution in [0.1, 0.15) is 18.4 Å². The molecule has 0 bridgehead atoms. The van der Waals surface area contributed by atoms with E-state index in [1.807, 2.05) is 66.7 Å². The monoisotopic (exact) mass is 358 g/mol. The van der Waals surface area contributed by atoms with Gasteiger partial charge in [-0.3, -0.25) is 4.79 Å². The van der Waals surface area contributed by atoms with E-state index in [0.717, 1.165) is 41.4 Å². The van der Waals surface area contributed by atoms with E-state index in [-0.39, 0.29) is 5.91 Å². The van der Waals surface area contributed by atoms with Crippen LogP contribution in [-0.2, 0) is 11.2 Å². The number of aromatic nitrogens is 2. The van der Waals surface area contributed by atoms with Crippen molar-refractivity contribution in [2.75, 3.05) is 23.3 Å². The summed E-state index contributed by atoms with van der Waals surface area (Å²) in [5, 5.41) is 11.7. The molecule has 1 aromatic heterocycles. The van der Waals surface area contributed by atoms with Crippen molar-refractivity contribution in [1.29, 1.82) is 0 Å². The Morgan fingerprint density at radius 1 is 0.889 bits per heavy atom. The number of carbonyl (C=O) groups excluding carboxylic acids is 1. The molecule has 0 aliphatic carbocycles. The zero-order valence-corrected chi connectivity index (χ0v) is 15.1. The van der Waals surface area contributed by atoms with Crippen molar-refractivity contribution in [3.63, 3.8) is 0 Å². The van der Waals surface area contributed by atoms with Crippen LogP contribution >= 0.6 is 0 Å². The molecule has 2 heterocycles. The molecule has 0 radical (unpaired) electrons. The van der Waals surface area contributed by atoms with Crippen LogP contribution in [0.2, 0.25) is 0 Å². The fourth-order valence-corrected chi connectivity index (χ4v) is 3.30. The van der Waals surface area contributed by atoms with Crippen molar-refractivity contribution in [1.82, 2.24) is 10.2 Å². The Kier molecular flexibility index (Phi) is 5.10. The summed E-state index contributed by atoms with van der Waals surface area (Å²) in [5.74, 6) is 0.921. The third-order valence-corrected chi connectivity index (χ3v) is 4.75. The predicted molar refractivity (Wildman–Crippen MR) is 108 cm³/mol. The van der Waals surface area contributed by atoms with Crippen molar-refractivity contribution in [3.05, 3.63) is 72.3 Å². The molecule has 0 atom stereocenters. The van der Waals surface area contributed by atoms with Crippen molar-refractivity contribution < 1.29 is 4.79 Å². The number of anilines is 2. The maximum atomic E-state index is 12.2. The minimum absolute atomic E-state index is 0.0243. The Morgan fingerprint density at radius 2 is 1.63 bits per heavy atom. The van der Waals surface area contributed by atoms with Crippen LogP contribution in [0.25, 0.3) is 11.3 Å². The highest BCUT2D eigenvalue weighted by atomic mass is 16.1. The molecule has 0 saturated carbocycles. The first-order chi connectivity index (χ1) is 13.3. The average molecular weight is 358 g/mol. The fourth-order valence-electron chi connectivity index (χ4n) is 3.30. The maximum absolute atomic E-state index is 12.2. The molecule has 27 heavy (non-hydrogen) atoms. The lowest BCUT2D eigenvalue weighted by Crippen LogP contribution is -2.19. The summed E-state index contributed by atoms with van der Waals surface area (Å²) in [6.45, 7) is 2.12. The lowest BCUT2D eigenvalue weighted by molar-refractivity contribution is -0.115. The largest absolute Gasteiger partial charge is 0.355 e. The Bertz CT molecular complexity index is 886. The first-order valence-corrected chi connectivity index (χ1v) is 9.31. The summed E-state index contributed by atoms with van der Waals surface area (Å²) in [6.07, 6.45) is 2.81.